The van der Waals surface area contributed by atoms with Crippen LogP contribution in [-0.2, 0) is 9.59 Å². The van der Waals surface area contributed by atoms with Gasteiger partial charge in [0, 0.05) is 17.3 Å². The van der Waals surface area contributed by atoms with Crippen LogP contribution < -0.4 is 5.32 Å². The molecule has 1 atom stereocenters. The highest BCUT2D eigenvalue weighted by molar-refractivity contribution is 7.99. The molecule has 1 N–H and O–H groups in total. The Kier molecular flexibility index (Phi) is 4.56. The summed E-state index contributed by atoms with van der Waals surface area (Å²) in [4.78, 5) is 25.9. The van der Waals surface area contributed by atoms with E-state index in [4.69, 9.17) is 0 Å². The smallest absolute Gasteiger partial charge is 0.247 e. The predicted octanol–water partition coefficient (Wildman–Crippen LogP) is 1.79. The largest absolute Gasteiger partial charge is 0.304 e. The third-order valence-electron chi connectivity index (χ3n) is 4.20. The van der Waals surface area contributed by atoms with E-state index in [-0.39, 0.29) is 28.6 Å². The van der Waals surface area contributed by atoms with Crippen LogP contribution in [0.1, 0.15) is 46.0 Å². The minimum Gasteiger partial charge on any atom is -0.304 e. The molecule has 4 nitrogen and oxygen atoms in total. The van der Waals surface area contributed by atoms with Gasteiger partial charge < -0.3 is 5.32 Å². The van der Waals surface area contributed by atoms with Crippen molar-refractivity contribution in [2.45, 2.75) is 62.8 Å². The first-order chi connectivity index (χ1) is 8.94. The predicted molar refractivity (Wildman–Crippen MR) is 78.1 cm³/mol. The highest BCUT2D eigenvalue weighted by Crippen LogP contribution is 2.28. The van der Waals surface area contributed by atoms with Gasteiger partial charge in [0.1, 0.15) is 0 Å². The third kappa shape index (κ3) is 3.31. The Balaban J connectivity index is 1.94. The molecule has 5 heteroatoms. The van der Waals surface area contributed by atoms with E-state index >= 15 is 0 Å². The van der Waals surface area contributed by atoms with Crippen molar-refractivity contribution in [3.05, 3.63) is 0 Å². The number of nitrogens with one attached hydrogen (secondary N) is 1. The van der Waals surface area contributed by atoms with Crippen molar-refractivity contribution < 1.29 is 9.59 Å². The number of thioether (sulfide) groups is 1. The quantitative estimate of drug-likeness (QED) is 0.782. The first-order valence-electron chi connectivity index (χ1n) is 7.09. The van der Waals surface area contributed by atoms with Crippen LogP contribution in [-0.4, -0.2) is 46.3 Å². The Morgan fingerprint density at radius 2 is 1.95 bits per heavy atom. The second-order valence-corrected chi connectivity index (χ2v) is 7.66. The van der Waals surface area contributed by atoms with Crippen LogP contribution in [0.2, 0.25) is 0 Å². The fourth-order valence-corrected chi connectivity index (χ4v) is 3.03. The van der Waals surface area contributed by atoms with Crippen LogP contribution in [0.4, 0.5) is 0 Å². The van der Waals surface area contributed by atoms with Crippen molar-refractivity contribution in [1.82, 2.24) is 10.2 Å². The van der Waals surface area contributed by atoms with Gasteiger partial charge in [0.15, 0.2) is 0 Å². The summed E-state index contributed by atoms with van der Waals surface area (Å²) in [6, 6.07) is -0.139. The van der Waals surface area contributed by atoms with Crippen LogP contribution in [0.25, 0.3) is 0 Å². The maximum absolute atomic E-state index is 12.3. The van der Waals surface area contributed by atoms with Crippen LogP contribution in [0.5, 0.6) is 0 Å². The molecule has 19 heavy (non-hydrogen) atoms. The molecular formula is C14H24N2O2S. The van der Waals surface area contributed by atoms with Crippen LogP contribution in [0.15, 0.2) is 0 Å². The topological polar surface area (TPSA) is 49.4 Å². The summed E-state index contributed by atoms with van der Waals surface area (Å²) in [6.45, 7) is 5.03. The maximum atomic E-state index is 12.3. The highest BCUT2D eigenvalue weighted by atomic mass is 32.2. The molecule has 1 heterocycles. The Morgan fingerprint density at radius 3 is 2.53 bits per heavy atom. The second-order valence-electron chi connectivity index (χ2n) is 6.14. The average Bonchev–Trinajstić information content (AvgIpc) is 2.96. The van der Waals surface area contributed by atoms with E-state index in [0.717, 1.165) is 32.2 Å². The molecule has 0 radical (unpaired) electrons. The fourth-order valence-electron chi connectivity index (χ4n) is 2.80. The molecule has 2 rings (SSSR count). The van der Waals surface area contributed by atoms with Crippen molar-refractivity contribution in [3.63, 3.8) is 0 Å². The number of nitrogens with zero attached hydrogens (tertiary/aromatic N) is 1. The van der Waals surface area contributed by atoms with Gasteiger partial charge in [-0.15, -0.1) is 0 Å². The molecule has 0 bridgehead atoms. The minimum atomic E-state index is -0.306. The summed E-state index contributed by atoms with van der Waals surface area (Å²) in [7, 11) is 0. The summed E-state index contributed by atoms with van der Waals surface area (Å²) in [5, 5.41) is 3.27. The lowest BCUT2D eigenvalue weighted by Gasteiger charge is -2.25. The van der Waals surface area contributed by atoms with Gasteiger partial charge in [0.05, 0.1) is 12.5 Å². The molecule has 1 aliphatic heterocycles. The lowest BCUT2D eigenvalue weighted by Crippen LogP contribution is -2.45. The van der Waals surface area contributed by atoms with E-state index in [0.29, 0.717) is 6.42 Å². The number of amides is 2. The average molecular weight is 284 g/mol. The SMILES string of the molecule is CSC(C)(C)CNC1CC(=O)N(C2CCCC2)C1=O. The molecule has 108 valence electrons. The zero-order valence-electron chi connectivity index (χ0n) is 12.1. The zero-order chi connectivity index (χ0) is 14.0. The monoisotopic (exact) mass is 284 g/mol. The molecule has 1 aliphatic carbocycles. The van der Waals surface area contributed by atoms with Gasteiger partial charge in [0.2, 0.25) is 11.8 Å². The first kappa shape index (κ1) is 14.9. The van der Waals surface area contributed by atoms with Gasteiger partial charge in [-0.2, -0.15) is 11.8 Å². The third-order valence-corrected chi connectivity index (χ3v) is 5.45. The Bertz CT molecular complexity index is 364. The second kappa shape index (κ2) is 5.83. The van der Waals surface area contributed by atoms with E-state index in [1.165, 1.54) is 4.90 Å². The molecule has 0 aromatic carbocycles. The van der Waals surface area contributed by atoms with E-state index < -0.39 is 0 Å². The van der Waals surface area contributed by atoms with Gasteiger partial charge in [0.25, 0.3) is 0 Å². The zero-order valence-corrected chi connectivity index (χ0v) is 12.9. The molecule has 1 saturated carbocycles. The normalized spacial score (nSPS) is 25.6. The summed E-state index contributed by atoms with van der Waals surface area (Å²) in [6.07, 6.45) is 6.65. The summed E-state index contributed by atoms with van der Waals surface area (Å²) in [5.74, 6) is 0.00478. The number of carbonyl (C=O) groups excluding carboxylic acids is 2. The van der Waals surface area contributed by atoms with Gasteiger partial charge in [-0.25, -0.2) is 0 Å². The molecule has 0 spiro atoms. The minimum absolute atomic E-state index is 0.00574. The van der Waals surface area contributed by atoms with Gasteiger partial charge in [-0.05, 0) is 32.9 Å². The van der Waals surface area contributed by atoms with Gasteiger partial charge in [-0.1, -0.05) is 12.8 Å². The van der Waals surface area contributed by atoms with E-state index in [9.17, 15) is 9.59 Å². The van der Waals surface area contributed by atoms with Crippen LogP contribution in [0, 0.1) is 0 Å². The molecule has 0 aromatic rings. The maximum Gasteiger partial charge on any atom is 0.247 e. The molecule has 2 aliphatic rings. The molecule has 0 aromatic heterocycles. The van der Waals surface area contributed by atoms with Crippen molar-refractivity contribution in [3.8, 4) is 0 Å². The van der Waals surface area contributed by atoms with Crippen LogP contribution >= 0.6 is 11.8 Å². The first-order valence-corrected chi connectivity index (χ1v) is 8.31. The molecule has 2 fully saturated rings. The van der Waals surface area contributed by atoms with Gasteiger partial charge in [-0.3, -0.25) is 14.5 Å². The summed E-state index contributed by atoms with van der Waals surface area (Å²) in [5.41, 5.74) is 0. The number of rotatable bonds is 5. The molecule has 1 unspecified atom stereocenters. The van der Waals surface area contributed by atoms with Gasteiger partial charge >= 0.3 is 0 Å². The lowest BCUT2D eigenvalue weighted by molar-refractivity contribution is -0.141. The van der Waals surface area contributed by atoms with Crippen molar-refractivity contribution in [2.24, 2.45) is 0 Å². The standard InChI is InChI=1S/C14H24N2O2S/c1-14(2,19-3)9-15-11-8-12(17)16(13(11)18)10-6-4-5-7-10/h10-11,15H,4-9H2,1-3H3. The Morgan fingerprint density at radius 1 is 1.32 bits per heavy atom. The molecule has 1 saturated heterocycles. The highest BCUT2D eigenvalue weighted by Gasteiger charge is 2.43. The molecule has 2 amide bonds. The number of carbonyl (C=O) groups is 2. The van der Waals surface area contributed by atoms with Crippen LogP contribution in [0.3, 0.4) is 0 Å². The fraction of sp³-hybridized carbons (Fsp3) is 0.857. The number of imide groups is 1. The van der Waals surface area contributed by atoms with E-state index in [2.05, 4.69) is 25.4 Å². The van der Waals surface area contributed by atoms with Crippen molar-refractivity contribution in [2.75, 3.05) is 12.8 Å². The van der Waals surface area contributed by atoms with E-state index in [1.54, 1.807) is 11.8 Å². The molecular weight excluding hydrogens is 260 g/mol. The number of likely N-dealkylation sites (tertiary alicyclic amines) is 1. The Labute approximate surface area is 119 Å². The summed E-state index contributed by atoms with van der Waals surface area (Å²) >= 11 is 1.77. The van der Waals surface area contributed by atoms with E-state index in [1.807, 2.05) is 0 Å². The summed E-state index contributed by atoms with van der Waals surface area (Å²) < 4.78 is 0.0874. The van der Waals surface area contributed by atoms with Crippen molar-refractivity contribution in [1.29, 1.82) is 0 Å². The van der Waals surface area contributed by atoms with Crippen molar-refractivity contribution >= 4 is 23.6 Å². The lowest BCUT2D eigenvalue weighted by atomic mass is 10.1. The Hall–Kier alpha value is -0.550. The number of hydrogen-bond donors (Lipinski definition) is 1. The number of hydrogen-bond acceptors (Lipinski definition) is 4.